The molecule has 0 spiro atoms. The zero-order chi connectivity index (χ0) is 18.0. The normalized spacial score (nSPS) is 10.5. The van der Waals surface area contributed by atoms with Crippen LogP contribution in [-0.4, -0.2) is 16.8 Å². The summed E-state index contributed by atoms with van der Waals surface area (Å²) >= 11 is 6.33. The lowest BCUT2D eigenvalue weighted by atomic mass is 10.2. The molecular weight excluding hydrogens is 422 g/mol. The second-order valence-electron chi connectivity index (χ2n) is 5.24. The number of thiophene rings is 1. The van der Waals surface area contributed by atoms with Crippen LogP contribution in [0.2, 0.25) is 0 Å². The third-order valence-corrected chi connectivity index (χ3v) is 5.96. The Morgan fingerprint density at radius 3 is 2.64 bits per heavy atom. The third-order valence-electron chi connectivity index (χ3n) is 3.28. The number of carbonyl (C=O) groups is 2. The van der Waals surface area contributed by atoms with Gasteiger partial charge in [0.25, 0.3) is 5.91 Å². The maximum atomic E-state index is 12.7. The molecule has 0 bridgehead atoms. The predicted octanol–water partition coefficient (Wildman–Crippen LogP) is 5.15. The van der Waals surface area contributed by atoms with Gasteiger partial charge in [-0.3, -0.25) is 9.59 Å². The topological polar surface area (TPSA) is 71.1 Å². The zero-order valence-electron chi connectivity index (χ0n) is 13.4. The van der Waals surface area contributed by atoms with Gasteiger partial charge in [-0.1, -0.05) is 22.0 Å². The van der Waals surface area contributed by atoms with E-state index in [2.05, 4.69) is 31.5 Å². The average Bonchev–Trinajstić information content (AvgIpc) is 3.18. The van der Waals surface area contributed by atoms with Crippen LogP contribution in [0.5, 0.6) is 0 Å². The molecule has 0 aliphatic carbocycles. The summed E-state index contributed by atoms with van der Waals surface area (Å²) < 4.78 is 0.803. The maximum Gasteiger partial charge on any atom is 0.267 e. The van der Waals surface area contributed by atoms with Crippen molar-refractivity contribution in [3.63, 3.8) is 0 Å². The molecule has 0 fully saturated rings. The number of nitrogens with one attached hydrogen (secondary N) is 2. The Hall–Kier alpha value is -2.03. The van der Waals surface area contributed by atoms with Crippen molar-refractivity contribution in [1.29, 1.82) is 0 Å². The fourth-order valence-corrected chi connectivity index (χ4v) is 4.33. The standard InChI is InChI=1S/C17H14BrN3O2S2/c1-9-15(25-17(19-9)14-4-3-7-24-14)16(23)21-13-8-11(18)5-6-12(13)20-10(2)22/h3-8H,1-2H3,(H,20,22)(H,21,23). The first-order valence-electron chi connectivity index (χ1n) is 7.34. The molecule has 0 saturated carbocycles. The second kappa shape index (κ2) is 7.47. The molecule has 2 aromatic heterocycles. The first kappa shape index (κ1) is 17.8. The van der Waals surface area contributed by atoms with Crippen LogP contribution in [0.15, 0.2) is 40.2 Å². The van der Waals surface area contributed by atoms with E-state index in [1.807, 2.05) is 24.4 Å². The van der Waals surface area contributed by atoms with Gasteiger partial charge in [0.1, 0.15) is 9.88 Å². The molecule has 128 valence electrons. The van der Waals surface area contributed by atoms with Crippen LogP contribution < -0.4 is 10.6 Å². The molecule has 0 aliphatic rings. The maximum absolute atomic E-state index is 12.7. The van der Waals surface area contributed by atoms with Gasteiger partial charge in [-0.05, 0) is 36.6 Å². The van der Waals surface area contributed by atoms with Crippen molar-refractivity contribution >= 4 is 61.8 Å². The molecule has 0 saturated heterocycles. The molecule has 0 radical (unpaired) electrons. The Labute approximate surface area is 161 Å². The summed E-state index contributed by atoms with van der Waals surface area (Å²) in [6.07, 6.45) is 0. The van der Waals surface area contributed by atoms with E-state index >= 15 is 0 Å². The molecule has 0 aliphatic heterocycles. The van der Waals surface area contributed by atoms with Gasteiger partial charge in [-0.25, -0.2) is 4.98 Å². The van der Waals surface area contributed by atoms with E-state index in [-0.39, 0.29) is 11.8 Å². The van der Waals surface area contributed by atoms with Gasteiger partial charge in [0.05, 0.1) is 21.9 Å². The smallest absolute Gasteiger partial charge is 0.267 e. The zero-order valence-corrected chi connectivity index (χ0v) is 16.6. The largest absolute Gasteiger partial charge is 0.325 e. The number of aryl methyl sites for hydroxylation is 1. The molecule has 0 atom stereocenters. The molecule has 1 aromatic carbocycles. The van der Waals surface area contributed by atoms with Crippen LogP contribution in [0.3, 0.4) is 0 Å². The van der Waals surface area contributed by atoms with Crippen LogP contribution in [-0.2, 0) is 4.79 Å². The Morgan fingerprint density at radius 2 is 1.96 bits per heavy atom. The monoisotopic (exact) mass is 435 g/mol. The number of nitrogens with zero attached hydrogens (tertiary/aromatic N) is 1. The quantitative estimate of drug-likeness (QED) is 0.594. The van der Waals surface area contributed by atoms with E-state index in [0.717, 1.165) is 14.4 Å². The summed E-state index contributed by atoms with van der Waals surface area (Å²) in [6, 6.07) is 9.22. The van der Waals surface area contributed by atoms with Gasteiger partial charge >= 0.3 is 0 Å². The molecule has 0 unspecified atom stereocenters. The highest BCUT2D eigenvalue weighted by Crippen LogP contribution is 2.32. The lowest BCUT2D eigenvalue weighted by Crippen LogP contribution is -2.15. The van der Waals surface area contributed by atoms with Crippen molar-refractivity contribution < 1.29 is 9.59 Å². The van der Waals surface area contributed by atoms with Crippen LogP contribution in [0.1, 0.15) is 22.3 Å². The number of anilines is 2. The lowest BCUT2D eigenvalue weighted by molar-refractivity contribution is -0.114. The number of rotatable bonds is 4. The third kappa shape index (κ3) is 4.15. The van der Waals surface area contributed by atoms with E-state index in [1.165, 1.54) is 18.3 Å². The number of carbonyl (C=O) groups excluding carboxylic acids is 2. The fourth-order valence-electron chi connectivity index (χ4n) is 2.21. The fraction of sp³-hybridized carbons (Fsp3) is 0.118. The van der Waals surface area contributed by atoms with Gasteiger partial charge in [-0.2, -0.15) is 0 Å². The molecule has 3 aromatic rings. The highest BCUT2D eigenvalue weighted by atomic mass is 79.9. The minimum atomic E-state index is -0.248. The first-order valence-corrected chi connectivity index (χ1v) is 9.83. The van der Waals surface area contributed by atoms with Gasteiger partial charge in [0.2, 0.25) is 5.91 Å². The molecule has 2 amide bonds. The molecule has 2 N–H and O–H groups in total. The Bertz CT molecular complexity index is 936. The number of hydrogen-bond acceptors (Lipinski definition) is 5. The van der Waals surface area contributed by atoms with E-state index in [0.29, 0.717) is 21.9 Å². The summed E-state index contributed by atoms with van der Waals surface area (Å²) in [6.45, 7) is 3.24. The molecule has 2 heterocycles. The van der Waals surface area contributed by atoms with E-state index < -0.39 is 0 Å². The van der Waals surface area contributed by atoms with Crippen LogP contribution in [0.4, 0.5) is 11.4 Å². The molecule has 5 nitrogen and oxygen atoms in total. The Kier molecular flexibility index (Phi) is 5.31. The van der Waals surface area contributed by atoms with E-state index in [1.54, 1.807) is 29.5 Å². The van der Waals surface area contributed by atoms with Crippen LogP contribution in [0.25, 0.3) is 9.88 Å². The molecule has 8 heteroatoms. The van der Waals surface area contributed by atoms with E-state index in [9.17, 15) is 9.59 Å². The minimum Gasteiger partial charge on any atom is -0.325 e. The minimum absolute atomic E-state index is 0.202. The van der Waals surface area contributed by atoms with E-state index in [4.69, 9.17) is 0 Å². The van der Waals surface area contributed by atoms with Crippen LogP contribution >= 0.6 is 38.6 Å². The number of amides is 2. The second-order valence-corrected chi connectivity index (χ2v) is 8.10. The van der Waals surface area contributed by atoms with Crippen molar-refractivity contribution in [3.8, 4) is 9.88 Å². The summed E-state index contributed by atoms with van der Waals surface area (Å²) in [5.74, 6) is -0.450. The van der Waals surface area contributed by atoms with Gasteiger partial charge in [0.15, 0.2) is 0 Å². The Balaban J connectivity index is 1.88. The Morgan fingerprint density at radius 1 is 1.16 bits per heavy atom. The SMILES string of the molecule is CC(=O)Nc1ccc(Br)cc1NC(=O)c1sc(-c2cccs2)nc1C. The predicted molar refractivity (Wildman–Crippen MR) is 107 cm³/mol. The number of aromatic nitrogens is 1. The van der Waals surface area contributed by atoms with Crippen molar-refractivity contribution in [2.45, 2.75) is 13.8 Å². The molecule has 25 heavy (non-hydrogen) atoms. The number of thiazole rings is 1. The van der Waals surface area contributed by atoms with Crippen molar-refractivity contribution in [2.24, 2.45) is 0 Å². The molecule has 3 rings (SSSR count). The van der Waals surface area contributed by atoms with Crippen molar-refractivity contribution in [3.05, 3.63) is 50.8 Å². The van der Waals surface area contributed by atoms with Gasteiger partial charge < -0.3 is 10.6 Å². The van der Waals surface area contributed by atoms with Crippen molar-refractivity contribution in [1.82, 2.24) is 4.98 Å². The molecular formula is C17H14BrN3O2S2. The van der Waals surface area contributed by atoms with Crippen LogP contribution in [0, 0.1) is 6.92 Å². The van der Waals surface area contributed by atoms with Gasteiger partial charge in [-0.15, -0.1) is 22.7 Å². The lowest BCUT2D eigenvalue weighted by Gasteiger charge is -2.11. The van der Waals surface area contributed by atoms with Crippen molar-refractivity contribution in [2.75, 3.05) is 10.6 Å². The average molecular weight is 436 g/mol. The first-order chi connectivity index (χ1) is 11.9. The highest BCUT2D eigenvalue weighted by Gasteiger charge is 2.18. The summed E-state index contributed by atoms with van der Waals surface area (Å²) in [7, 11) is 0. The number of benzene rings is 1. The highest BCUT2D eigenvalue weighted by molar-refractivity contribution is 9.10. The van der Waals surface area contributed by atoms with Gasteiger partial charge in [0, 0.05) is 11.4 Å². The summed E-state index contributed by atoms with van der Waals surface area (Å²) in [5.41, 5.74) is 1.76. The number of halogens is 1. The summed E-state index contributed by atoms with van der Waals surface area (Å²) in [4.78, 5) is 30.1. The number of hydrogen-bond donors (Lipinski definition) is 2. The summed E-state index contributed by atoms with van der Waals surface area (Å²) in [5, 5.41) is 8.38.